The fourth-order valence-corrected chi connectivity index (χ4v) is 4.59. The van der Waals surface area contributed by atoms with E-state index in [1.165, 1.54) is 16.7 Å². The van der Waals surface area contributed by atoms with Crippen molar-refractivity contribution >= 4 is 27.7 Å². The fourth-order valence-electron chi connectivity index (χ4n) is 1.95. The van der Waals surface area contributed by atoms with Gasteiger partial charge in [0.05, 0.1) is 12.4 Å². The first-order valence-corrected chi connectivity index (χ1v) is 9.27. The van der Waals surface area contributed by atoms with Crippen molar-refractivity contribution in [3.63, 3.8) is 0 Å². The standard InChI is InChI=1S/C12H20N4O2S2/c1-3-5-13-12-14-7-11(8-15-12)20(17,18)16(2)10-4-6-19-9-10/h7-8,10H,3-6,9H2,1-2H3,(H,13,14,15). The molecule has 20 heavy (non-hydrogen) atoms. The van der Waals surface area contributed by atoms with Gasteiger partial charge in [0.15, 0.2) is 0 Å². The van der Waals surface area contributed by atoms with E-state index in [2.05, 4.69) is 15.3 Å². The Morgan fingerprint density at radius 3 is 2.70 bits per heavy atom. The highest BCUT2D eigenvalue weighted by molar-refractivity contribution is 7.99. The van der Waals surface area contributed by atoms with Gasteiger partial charge in [-0.05, 0) is 18.6 Å². The second kappa shape index (κ2) is 6.73. The van der Waals surface area contributed by atoms with Gasteiger partial charge in [0.25, 0.3) is 0 Å². The van der Waals surface area contributed by atoms with Crippen LogP contribution in [0.25, 0.3) is 0 Å². The molecule has 0 bridgehead atoms. The quantitative estimate of drug-likeness (QED) is 0.855. The van der Waals surface area contributed by atoms with E-state index in [0.717, 1.165) is 30.9 Å². The highest BCUT2D eigenvalue weighted by Crippen LogP contribution is 2.25. The second-order valence-corrected chi connectivity index (χ2v) is 7.86. The van der Waals surface area contributed by atoms with Crippen LogP contribution in [0.5, 0.6) is 0 Å². The van der Waals surface area contributed by atoms with Crippen LogP contribution in [0.4, 0.5) is 5.95 Å². The van der Waals surface area contributed by atoms with E-state index in [9.17, 15) is 8.42 Å². The van der Waals surface area contributed by atoms with Crippen molar-refractivity contribution in [1.29, 1.82) is 0 Å². The molecule has 1 aliphatic heterocycles. The Labute approximate surface area is 124 Å². The number of nitrogens with one attached hydrogen (secondary N) is 1. The lowest BCUT2D eigenvalue weighted by atomic mass is 10.3. The van der Waals surface area contributed by atoms with Crippen molar-refractivity contribution in [2.45, 2.75) is 30.7 Å². The van der Waals surface area contributed by atoms with Gasteiger partial charge in [0.2, 0.25) is 16.0 Å². The lowest BCUT2D eigenvalue weighted by molar-refractivity contribution is 0.394. The average molecular weight is 316 g/mol. The van der Waals surface area contributed by atoms with Crippen LogP contribution in [-0.4, -0.2) is 53.8 Å². The molecule has 1 N–H and O–H groups in total. The molecular formula is C12H20N4O2S2. The van der Waals surface area contributed by atoms with E-state index in [4.69, 9.17) is 0 Å². The number of rotatable bonds is 6. The summed E-state index contributed by atoms with van der Waals surface area (Å²) < 4.78 is 26.4. The average Bonchev–Trinajstić information content (AvgIpc) is 2.98. The molecule has 0 spiro atoms. The number of thioether (sulfide) groups is 1. The number of sulfonamides is 1. The molecule has 0 radical (unpaired) electrons. The van der Waals surface area contributed by atoms with Crippen LogP contribution in [0.1, 0.15) is 19.8 Å². The summed E-state index contributed by atoms with van der Waals surface area (Å²) in [6, 6.07) is 0.0721. The largest absolute Gasteiger partial charge is 0.354 e. The molecule has 8 heteroatoms. The Balaban J connectivity index is 2.12. The molecule has 1 unspecified atom stereocenters. The molecule has 1 atom stereocenters. The van der Waals surface area contributed by atoms with Crippen LogP contribution in [0, 0.1) is 0 Å². The maximum Gasteiger partial charge on any atom is 0.246 e. The molecule has 2 heterocycles. The van der Waals surface area contributed by atoms with Crippen molar-refractivity contribution in [2.24, 2.45) is 0 Å². The van der Waals surface area contributed by atoms with Gasteiger partial charge in [-0.15, -0.1) is 0 Å². The third kappa shape index (κ3) is 3.42. The van der Waals surface area contributed by atoms with Gasteiger partial charge in [-0.2, -0.15) is 16.1 Å². The van der Waals surface area contributed by atoms with Crippen LogP contribution < -0.4 is 5.32 Å². The van der Waals surface area contributed by atoms with Crippen LogP contribution >= 0.6 is 11.8 Å². The molecule has 0 aliphatic carbocycles. The Morgan fingerprint density at radius 1 is 1.45 bits per heavy atom. The van der Waals surface area contributed by atoms with Gasteiger partial charge >= 0.3 is 0 Å². The summed E-state index contributed by atoms with van der Waals surface area (Å²) in [5.41, 5.74) is 0. The number of aromatic nitrogens is 2. The van der Waals surface area contributed by atoms with Crippen LogP contribution in [0.3, 0.4) is 0 Å². The summed E-state index contributed by atoms with van der Waals surface area (Å²) in [7, 11) is -1.86. The maximum absolute atomic E-state index is 12.5. The van der Waals surface area contributed by atoms with Gasteiger partial charge in [-0.25, -0.2) is 18.4 Å². The smallest absolute Gasteiger partial charge is 0.246 e. The fraction of sp³-hybridized carbons (Fsp3) is 0.667. The van der Waals surface area contributed by atoms with E-state index in [-0.39, 0.29) is 10.9 Å². The van der Waals surface area contributed by atoms with Crippen molar-refractivity contribution in [2.75, 3.05) is 30.4 Å². The Kier molecular flexibility index (Phi) is 5.22. The molecule has 1 aromatic rings. The van der Waals surface area contributed by atoms with Crippen molar-refractivity contribution in [3.8, 4) is 0 Å². The third-order valence-electron chi connectivity index (χ3n) is 3.26. The first-order valence-electron chi connectivity index (χ1n) is 6.67. The summed E-state index contributed by atoms with van der Waals surface area (Å²) >= 11 is 1.79. The predicted octanol–water partition coefficient (Wildman–Crippen LogP) is 1.42. The highest BCUT2D eigenvalue weighted by atomic mass is 32.2. The summed E-state index contributed by atoms with van der Waals surface area (Å²) in [5, 5.41) is 3.02. The van der Waals surface area contributed by atoms with Crippen LogP contribution in [0.15, 0.2) is 17.3 Å². The SMILES string of the molecule is CCCNc1ncc(S(=O)(=O)N(C)C2CCSC2)cn1. The Bertz CT molecular complexity index is 527. The van der Waals surface area contributed by atoms with Crippen LogP contribution in [-0.2, 0) is 10.0 Å². The molecule has 112 valence electrons. The molecule has 0 aromatic carbocycles. The molecule has 1 saturated heterocycles. The molecule has 1 aromatic heterocycles. The maximum atomic E-state index is 12.5. The van der Waals surface area contributed by atoms with Crippen molar-refractivity contribution < 1.29 is 8.42 Å². The van der Waals surface area contributed by atoms with Gasteiger partial charge in [0.1, 0.15) is 4.90 Å². The van der Waals surface area contributed by atoms with Crippen molar-refractivity contribution in [3.05, 3.63) is 12.4 Å². The molecule has 0 saturated carbocycles. The second-order valence-electron chi connectivity index (χ2n) is 4.71. The predicted molar refractivity (Wildman–Crippen MR) is 81.5 cm³/mol. The molecule has 0 amide bonds. The minimum atomic E-state index is -3.49. The van der Waals surface area contributed by atoms with E-state index in [0.29, 0.717) is 5.95 Å². The van der Waals surface area contributed by atoms with E-state index >= 15 is 0 Å². The van der Waals surface area contributed by atoms with Crippen molar-refractivity contribution in [1.82, 2.24) is 14.3 Å². The van der Waals surface area contributed by atoms with E-state index < -0.39 is 10.0 Å². The zero-order chi connectivity index (χ0) is 14.6. The lowest BCUT2D eigenvalue weighted by Crippen LogP contribution is -2.37. The first-order chi connectivity index (χ1) is 9.55. The number of nitrogens with zero attached hydrogens (tertiary/aromatic N) is 3. The molecule has 2 rings (SSSR count). The van der Waals surface area contributed by atoms with E-state index in [1.807, 2.05) is 6.92 Å². The minimum absolute atomic E-state index is 0.0721. The minimum Gasteiger partial charge on any atom is -0.354 e. The van der Waals surface area contributed by atoms with E-state index in [1.54, 1.807) is 18.8 Å². The summed E-state index contributed by atoms with van der Waals surface area (Å²) in [6.45, 7) is 2.81. The lowest BCUT2D eigenvalue weighted by Gasteiger charge is -2.22. The summed E-state index contributed by atoms with van der Waals surface area (Å²) in [6.07, 6.45) is 4.61. The Morgan fingerprint density at radius 2 is 2.15 bits per heavy atom. The molecule has 6 nitrogen and oxygen atoms in total. The zero-order valence-electron chi connectivity index (χ0n) is 11.7. The Hall–Kier alpha value is -0.860. The molecule has 1 aliphatic rings. The highest BCUT2D eigenvalue weighted by Gasteiger charge is 2.30. The third-order valence-corrected chi connectivity index (χ3v) is 6.27. The first kappa shape index (κ1) is 15.5. The zero-order valence-corrected chi connectivity index (χ0v) is 13.4. The van der Waals surface area contributed by atoms with Gasteiger partial charge in [-0.1, -0.05) is 6.92 Å². The molecule has 1 fully saturated rings. The number of hydrogen-bond donors (Lipinski definition) is 1. The van der Waals surface area contributed by atoms with Crippen LogP contribution in [0.2, 0.25) is 0 Å². The monoisotopic (exact) mass is 316 g/mol. The molecular weight excluding hydrogens is 296 g/mol. The summed E-state index contributed by atoms with van der Waals surface area (Å²) in [4.78, 5) is 8.27. The van der Waals surface area contributed by atoms with Gasteiger partial charge in [0, 0.05) is 25.4 Å². The summed E-state index contributed by atoms with van der Waals surface area (Å²) in [5.74, 6) is 2.33. The van der Waals surface area contributed by atoms with Gasteiger partial charge in [-0.3, -0.25) is 0 Å². The number of anilines is 1. The van der Waals surface area contributed by atoms with Gasteiger partial charge < -0.3 is 5.32 Å². The topological polar surface area (TPSA) is 75.2 Å². The normalized spacial score (nSPS) is 19.4. The number of hydrogen-bond acceptors (Lipinski definition) is 6.